The van der Waals surface area contributed by atoms with Crippen molar-refractivity contribution in [3.8, 4) is 0 Å². The number of aliphatic carboxylic acids is 1. The quantitative estimate of drug-likeness (QED) is 0.0265. The normalized spacial score (nSPS) is 22.9. The fraction of sp³-hybridized carbons (Fsp3) is 0.691. The van der Waals surface area contributed by atoms with E-state index in [0.29, 0.717) is 37.7 Å². The first-order valence-electron chi connectivity index (χ1n) is 29.5. The molecule has 4 aliphatic heterocycles. The summed E-state index contributed by atoms with van der Waals surface area (Å²) in [5.41, 5.74) is 39.3. The lowest BCUT2D eigenvalue weighted by molar-refractivity contribution is -0.153. The number of hydrogen-bond acceptors (Lipinski definition) is 14. The third-order valence-electron chi connectivity index (χ3n) is 17.5. The fourth-order valence-electron chi connectivity index (χ4n) is 13.3. The SMILES string of the molecule is NC(N)=NCCC[C@@H](N)C(=O)N[C@@H](CCCN=C(N)N)C(=O)N1CCC2(CC1)C(=O)N(CC(=O)N[C@@H](CO)C(=O)N1CCc3ccccc3[C@@H]1C(=O)N1[C@H](C(=O)N[C@@H](CCCN=C(N)N)C(=O)O)C[C@@H]3CCCC[C@@H]31)CN2C1CCCCC1. The van der Waals surface area contributed by atoms with Crippen LogP contribution in [0.25, 0.3) is 0 Å². The third kappa shape index (κ3) is 15.7. The number of carboxylic acids is 1. The minimum Gasteiger partial charge on any atom is -0.480 e. The van der Waals surface area contributed by atoms with Gasteiger partial charge in [-0.3, -0.25) is 53.4 Å². The van der Waals surface area contributed by atoms with E-state index in [1.807, 2.05) is 12.1 Å². The molecular formula is C55H88N18O10. The van der Waals surface area contributed by atoms with Gasteiger partial charge < -0.3 is 85.9 Å². The van der Waals surface area contributed by atoms with Crippen molar-refractivity contribution in [2.75, 3.05) is 59.1 Å². The zero-order chi connectivity index (χ0) is 60.0. The van der Waals surface area contributed by atoms with E-state index in [1.165, 1.54) is 9.80 Å². The summed E-state index contributed by atoms with van der Waals surface area (Å²) in [5, 5.41) is 29.2. The number of nitrogens with one attached hydrogen (secondary N) is 3. The molecule has 7 rings (SSSR count). The summed E-state index contributed by atoms with van der Waals surface area (Å²) >= 11 is 0. The zero-order valence-corrected chi connectivity index (χ0v) is 47.6. The van der Waals surface area contributed by atoms with Gasteiger partial charge in [0.2, 0.25) is 35.4 Å². The molecule has 8 atom stereocenters. The molecule has 0 aromatic heterocycles. The maximum absolute atomic E-state index is 15.5. The van der Waals surface area contributed by atoms with E-state index in [9.17, 15) is 43.8 Å². The number of amides is 7. The van der Waals surface area contributed by atoms with E-state index in [0.717, 1.165) is 56.9 Å². The number of hydrogen-bond donors (Lipinski definition) is 12. The number of carboxylic acid groups (broad SMARTS) is 1. The number of carbonyl (C=O) groups excluding carboxylic acids is 7. The number of benzene rings is 1. The summed E-state index contributed by atoms with van der Waals surface area (Å²) in [5.74, 6) is -5.39. The second-order valence-electron chi connectivity index (χ2n) is 23.0. The van der Waals surface area contributed by atoms with Crippen LogP contribution in [0.4, 0.5) is 0 Å². The molecule has 4 heterocycles. The van der Waals surface area contributed by atoms with E-state index in [1.54, 1.807) is 21.9 Å². The second-order valence-corrected chi connectivity index (χ2v) is 23.0. The Kier molecular flexibility index (Phi) is 22.3. The Morgan fingerprint density at radius 1 is 0.711 bits per heavy atom. The Morgan fingerprint density at radius 3 is 1.94 bits per heavy atom. The molecule has 1 spiro atoms. The maximum Gasteiger partial charge on any atom is 0.326 e. The molecule has 83 heavy (non-hydrogen) atoms. The maximum atomic E-state index is 15.5. The molecule has 2 aliphatic carbocycles. The van der Waals surface area contributed by atoms with Gasteiger partial charge in [-0.2, -0.15) is 0 Å². The number of aliphatic hydroxyl groups is 1. The molecule has 2 saturated carbocycles. The largest absolute Gasteiger partial charge is 0.480 e. The van der Waals surface area contributed by atoms with Crippen molar-refractivity contribution >= 4 is 65.2 Å². The smallest absolute Gasteiger partial charge is 0.326 e. The van der Waals surface area contributed by atoms with Gasteiger partial charge in [0.1, 0.15) is 42.3 Å². The Balaban J connectivity index is 1.05. The number of nitrogens with two attached hydrogens (primary N) is 7. The average Bonchev–Trinajstić information content (AvgIpc) is 3.82. The number of nitrogens with zero attached hydrogens (tertiary/aromatic N) is 8. The van der Waals surface area contributed by atoms with Crippen molar-refractivity contribution in [2.24, 2.45) is 61.0 Å². The van der Waals surface area contributed by atoms with Gasteiger partial charge in [-0.05, 0) is 107 Å². The summed E-state index contributed by atoms with van der Waals surface area (Å²) in [7, 11) is 0. The van der Waals surface area contributed by atoms with Crippen LogP contribution in [-0.4, -0.2) is 207 Å². The minimum atomic E-state index is -1.53. The molecule has 1 aromatic carbocycles. The van der Waals surface area contributed by atoms with Gasteiger partial charge >= 0.3 is 5.97 Å². The second kappa shape index (κ2) is 29.3. The molecule has 458 valence electrons. The van der Waals surface area contributed by atoms with E-state index in [2.05, 4.69) is 35.8 Å². The number of likely N-dealkylation sites (tertiary alicyclic amines) is 2. The van der Waals surface area contributed by atoms with Crippen LogP contribution >= 0.6 is 0 Å². The Hall–Kier alpha value is -7.33. The first-order chi connectivity index (χ1) is 39.7. The summed E-state index contributed by atoms with van der Waals surface area (Å²) in [6.07, 6.45) is 10.4. The van der Waals surface area contributed by atoms with Crippen molar-refractivity contribution in [1.29, 1.82) is 0 Å². The lowest BCUT2D eigenvalue weighted by Gasteiger charge is -2.46. The van der Waals surface area contributed by atoms with E-state index in [-0.39, 0.29) is 132 Å². The molecule has 1 aromatic rings. The van der Waals surface area contributed by atoms with Gasteiger partial charge in [0, 0.05) is 51.4 Å². The number of rotatable bonds is 25. The van der Waals surface area contributed by atoms with Gasteiger partial charge in [-0.15, -0.1) is 0 Å². The van der Waals surface area contributed by atoms with E-state index in [4.69, 9.17) is 40.1 Å². The van der Waals surface area contributed by atoms with Crippen LogP contribution in [-0.2, 0) is 44.8 Å². The standard InChI is InChI=1S/C55H88N18O10/c56-37(16-8-23-63-52(57)58)45(76)67-38(17-9-24-64-53(59)60)47(78)69-27-21-55(22-28-69)51(83)70(32-72(55)35-13-2-1-3-14-35)30-43(75)66-40(31-74)48(79)71-26-20-33-11-4-6-15-36(33)44(71)49(80)73-41-19-7-5-12-34(41)29-42(73)46(77)68-39(50(81)82)18-10-25-65-54(61)62/h4,6,11,15,34-35,37-42,44,74H,1-3,5,7-10,12-14,16-32,56H2,(H,66,75)(H,67,76)(H,68,77)(H,81,82)(H4,57,58,63)(H4,59,60,64)(H4,61,62,65)/t34-,37+,38-,39-,40-,41-,42-,44+/m0/s1. The van der Waals surface area contributed by atoms with E-state index >= 15 is 4.79 Å². The summed E-state index contributed by atoms with van der Waals surface area (Å²) in [4.78, 5) is 134. The van der Waals surface area contributed by atoms with Crippen LogP contribution < -0.4 is 56.1 Å². The topological polar surface area (TPSA) is 449 Å². The first kappa shape index (κ1) is 63.3. The monoisotopic (exact) mass is 1160 g/mol. The highest BCUT2D eigenvalue weighted by atomic mass is 16.4. The predicted octanol–water partition coefficient (Wildman–Crippen LogP) is -2.91. The Labute approximate surface area is 484 Å². The van der Waals surface area contributed by atoms with Crippen LogP contribution in [0, 0.1) is 5.92 Å². The van der Waals surface area contributed by atoms with Crippen molar-refractivity contribution in [3.05, 3.63) is 35.4 Å². The first-order valence-corrected chi connectivity index (χ1v) is 29.5. The molecule has 0 unspecified atom stereocenters. The van der Waals surface area contributed by atoms with Crippen molar-refractivity contribution in [2.45, 2.75) is 176 Å². The highest BCUT2D eigenvalue weighted by Crippen LogP contribution is 2.44. The number of piperidine rings is 1. The molecule has 28 heteroatoms. The van der Waals surface area contributed by atoms with Gasteiger partial charge in [0.25, 0.3) is 5.91 Å². The fourth-order valence-corrected chi connectivity index (χ4v) is 13.3. The molecule has 0 radical (unpaired) electrons. The van der Waals surface area contributed by atoms with Gasteiger partial charge in [-0.25, -0.2) is 4.79 Å². The molecule has 3 saturated heterocycles. The number of guanidine groups is 3. The number of aliphatic imine (C=N–C) groups is 3. The highest BCUT2D eigenvalue weighted by Gasteiger charge is 2.57. The van der Waals surface area contributed by atoms with Crippen LogP contribution in [0.1, 0.15) is 133 Å². The van der Waals surface area contributed by atoms with Crippen LogP contribution in [0.5, 0.6) is 0 Å². The third-order valence-corrected chi connectivity index (χ3v) is 17.5. The van der Waals surface area contributed by atoms with Crippen LogP contribution in [0.2, 0.25) is 0 Å². The van der Waals surface area contributed by atoms with Crippen molar-refractivity contribution in [3.63, 3.8) is 0 Å². The van der Waals surface area contributed by atoms with Crippen molar-refractivity contribution in [1.82, 2.24) is 40.4 Å². The lowest BCUT2D eigenvalue weighted by atomic mass is 9.82. The lowest BCUT2D eigenvalue weighted by Crippen LogP contribution is -2.61. The molecule has 0 bridgehead atoms. The molecule has 19 N–H and O–H groups in total. The number of carbonyl (C=O) groups is 8. The van der Waals surface area contributed by atoms with E-state index < -0.39 is 90.4 Å². The number of aliphatic hydroxyl groups excluding tert-OH is 1. The Bertz CT molecular complexity index is 2580. The molecule has 5 fully saturated rings. The van der Waals surface area contributed by atoms with Gasteiger partial charge in [0.05, 0.1) is 19.3 Å². The predicted molar refractivity (Wildman–Crippen MR) is 308 cm³/mol. The number of fused-ring (bicyclic) bond motifs is 2. The summed E-state index contributed by atoms with van der Waals surface area (Å²) in [6.45, 7) is -0.128. The molecule has 28 nitrogen and oxygen atoms in total. The molecule has 6 aliphatic rings. The van der Waals surface area contributed by atoms with Crippen LogP contribution in [0.3, 0.4) is 0 Å². The minimum absolute atomic E-state index is 0.0213. The van der Waals surface area contributed by atoms with Gasteiger partial charge in [0.15, 0.2) is 17.9 Å². The van der Waals surface area contributed by atoms with Crippen molar-refractivity contribution < 1.29 is 48.6 Å². The zero-order valence-electron chi connectivity index (χ0n) is 47.6. The van der Waals surface area contributed by atoms with Gasteiger partial charge in [-0.1, -0.05) is 56.4 Å². The summed E-state index contributed by atoms with van der Waals surface area (Å²) in [6, 6.07) is -0.156. The Morgan fingerprint density at radius 2 is 1.31 bits per heavy atom. The average molecular weight is 1160 g/mol. The van der Waals surface area contributed by atoms with Crippen LogP contribution in [0.15, 0.2) is 39.2 Å². The highest BCUT2D eigenvalue weighted by molar-refractivity contribution is 5.98. The summed E-state index contributed by atoms with van der Waals surface area (Å²) < 4.78 is 0. The molecular weight excluding hydrogens is 1070 g/mol. The molecule has 7 amide bonds.